The lowest BCUT2D eigenvalue weighted by Gasteiger charge is -2.28. The second kappa shape index (κ2) is 7.36. The molecule has 1 saturated heterocycles. The van der Waals surface area contributed by atoms with Gasteiger partial charge in [-0.15, -0.1) is 0 Å². The molecule has 0 bridgehead atoms. The Kier molecular flexibility index (Phi) is 4.66. The number of fused-ring (bicyclic) bond motifs is 1. The summed E-state index contributed by atoms with van der Waals surface area (Å²) in [6, 6.07) is 11.8. The van der Waals surface area contributed by atoms with Crippen LogP contribution >= 0.6 is 11.6 Å². The molecule has 0 saturated carbocycles. The van der Waals surface area contributed by atoms with Crippen molar-refractivity contribution in [2.45, 2.75) is 26.2 Å². The average molecular weight is 422 g/mol. The number of rotatable bonds is 3. The fourth-order valence-electron chi connectivity index (χ4n) is 4.42. The van der Waals surface area contributed by atoms with E-state index in [1.807, 2.05) is 25.1 Å². The number of aryl methyl sites for hydroxylation is 1. The van der Waals surface area contributed by atoms with Crippen molar-refractivity contribution in [3.8, 4) is 0 Å². The minimum Gasteiger partial charge on any atom is -0.509 e. The van der Waals surface area contributed by atoms with Crippen molar-refractivity contribution in [3.05, 3.63) is 58.6 Å². The second-order valence-corrected chi connectivity index (χ2v) is 8.46. The zero-order chi connectivity index (χ0) is 20.8. The van der Waals surface area contributed by atoms with Gasteiger partial charge in [-0.25, -0.2) is 4.98 Å². The van der Waals surface area contributed by atoms with Gasteiger partial charge in [-0.05, 0) is 68.1 Å². The van der Waals surface area contributed by atoms with Gasteiger partial charge in [0.15, 0.2) is 0 Å². The van der Waals surface area contributed by atoms with E-state index in [0.29, 0.717) is 16.4 Å². The number of hydrogen-bond acceptors (Lipinski definition) is 4. The number of aliphatic hydroxyl groups excluding tert-OH is 1. The smallest absolute Gasteiger partial charge is 0.145 e. The zero-order valence-corrected chi connectivity index (χ0v) is 17.6. The van der Waals surface area contributed by atoms with E-state index in [4.69, 9.17) is 17.0 Å². The number of halogens is 1. The van der Waals surface area contributed by atoms with Gasteiger partial charge in [0.05, 0.1) is 23.2 Å². The number of amidine groups is 1. The highest BCUT2D eigenvalue weighted by molar-refractivity contribution is 6.32. The molecule has 1 fully saturated rings. The summed E-state index contributed by atoms with van der Waals surface area (Å²) >= 11 is 6.08. The minimum absolute atomic E-state index is 0.143. The molecule has 2 aliphatic rings. The molecule has 6 nitrogen and oxygen atoms in total. The number of nitrogens with zero attached hydrogens (tertiary/aromatic N) is 3. The molecular formula is C23H24ClN5O. The molecule has 154 valence electrons. The summed E-state index contributed by atoms with van der Waals surface area (Å²) in [5, 5.41) is 20.0. The number of piperidine rings is 1. The Morgan fingerprint density at radius 1 is 1.10 bits per heavy atom. The van der Waals surface area contributed by atoms with Crippen molar-refractivity contribution in [2.24, 2.45) is 0 Å². The number of anilines is 2. The first kappa shape index (κ1) is 19.0. The molecular weight excluding hydrogens is 398 g/mol. The molecule has 5 rings (SSSR count). The number of aromatic nitrogens is 2. The number of aliphatic hydroxyl groups is 1. The van der Waals surface area contributed by atoms with Gasteiger partial charge >= 0.3 is 0 Å². The maximum atomic E-state index is 10.7. The fraction of sp³-hybridized carbons (Fsp3) is 0.304. The zero-order valence-electron chi connectivity index (χ0n) is 16.9. The Bertz CT molecular complexity index is 1180. The van der Waals surface area contributed by atoms with Crippen LogP contribution in [0.15, 0.2) is 42.2 Å². The van der Waals surface area contributed by atoms with Gasteiger partial charge in [0, 0.05) is 29.5 Å². The maximum Gasteiger partial charge on any atom is 0.145 e. The lowest BCUT2D eigenvalue weighted by atomic mass is 10.1. The topological polar surface area (TPSA) is 79.2 Å². The average Bonchev–Trinajstić information content (AvgIpc) is 3.28. The molecule has 0 radical (unpaired) electrons. The SMILES string of the molecule is Cc1cc(Cl)ccc1N1CC(O)=C(c2nc3ccc(N4CCCCC4)cc3[nH]2)C1=N. The van der Waals surface area contributed by atoms with Crippen LogP contribution in [0.25, 0.3) is 16.6 Å². The highest BCUT2D eigenvalue weighted by atomic mass is 35.5. The molecule has 0 spiro atoms. The van der Waals surface area contributed by atoms with Gasteiger partial charge in [0.25, 0.3) is 0 Å². The number of imidazole rings is 1. The molecule has 2 aromatic carbocycles. The van der Waals surface area contributed by atoms with Crippen LogP contribution in [0.3, 0.4) is 0 Å². The summed E-state index contributed by atoms with van der Waals surface area (Å²) < 4.78 is 0. The predicted octanol–water partition coefficient (Wildman–Crippen LogP) is 5.28. The van der Waals surface area contributed by atoms with E-state index >= 15 is 0 Å². The van der Waals surface area contributed by atoms with Crippen molar-refractivity contribution in [1.82, 2.24) is 9.97 Å². The van der Waals surface area contributed by atoms with Gasteiger partial charge in [-0.2, -0.15) is 0 Å². The van der Waals surface area contributed by atoms with Gasteiger partial charge in [-0.3, -0.25) is 5.41 Å². The summed E-state index contributed by atoms with van der Waals surface area (Å²) in [5.74, 6) is 0.898. The van der Waals surface area contributed by atoms with E-state index in [9.17, 15) is 5.11 Å². The van der Waals surface area contributed by atoms with E-state index in [2.05, 4.69) is 27.0 Å². The molecule has 0 amide bonds. The monoisotopic (exact) mass is 421 g/mol. The molecule has 0 atom stereocenters. The van der Waals surface area contributed by atoms with E-state index in [1.165, 1.54) is 24.9 Å². The van der Waals surface area contributed by atoms with Crippen molar-refractivity contribution < 1.29 is 5.11 Å². The van der Waals surface area contributed by atoms with Crippen LogP contribution in [-0.2, 0) is 0 Å². The summed E-state index contributed by atoms with van der Waals surface area (Å²) in [6.07, 6.45) is 3.75. The molecule has 1 aromatic heterocycles. The molecule has 2 aliphatic heterocycles. The lowest BCUT2D eigenvalue weighted by molar-refractivity contribution is 0.411. The van der Waals surface area contributed by atoms with E-state index in [1.54, 1.807) is 11.0 Å². The molecule has 0 unspecified atom stereocenters. The van der Waals surface area contributed by atoms with Crippen LogP contribution in [-0.4, -0.2) is 40.5 Å². The fourth-order valence-corrected chi connectivity index (χ4v) is 4.65. The van der Waals surface area contributed by atoms with Crippen LogP contribution in [0, 0.1) is 12.3 Å². The quantitative estimate of drug-likeness (QED) is 0.537. The highest BCUT2D eigenvalue weighted by Crippen LogP contribution is 2.34. The summed E-state index contributed by atoms with van der Waals surface area (Å²) in [4.78, 5) is 12.2. The van der Waals surface area contributed by atoms with E-state index in [0.717, 1.165) is 35.4 Å². The van der Waals surface area contributed by atoms with Crippen molar-refractivity contribution >= 4 is 45.4 Å². The molecule has 3 aromatic rings. The third-order valence-electron chi connectivity index (χ3n) is 5.98. The summed E-state index contributed by atoms with van der Waals surface area (Å²) in [7, 11) is 0. The first-order valence-electron chi connectivity index (χ1n) is 10.3. The van der Waals surface area contributed by atoms with Crippen molar-refractivity contribution in [3.63, 3.8) is 0 Å². The number of benzene rings is 2. The Morgan fingerprint density at radius 3 is 2.67 bits per heavy atom. The Morgan fingerprint density at radius 2 is 1.90 bits per heavy atom. The van der Waals surface area contributed by atoms with Crippen molar-refractivity contribution in [2.75, 3.05) is 29.4 Å². The third-order valence-corrected chi connectivity index (χ3v) is 6.21. The van der Waals surface area contributed by atoms with Crippen molar-refractivity contribution in [1.29, 1.82) is 5.41 Å². The number of H-pyrrole nitrogens is 1. The normalized spacial score (nSPS) is 17.5. The van der Waals surface area contributed by atoms with E-state index in [-0.39, 0.29) is 18.1 Å². The third kappa shape index (κ3) is 3.21. The molecule has 7 heteroatoms. The van der Waals surface area contributed by atoms with Gasteiger partial charge in [-0.1, -0.05) is 11.6 Å². The maximum absolute atomic E-state index is 10.7. The summed E-state index contributed by atoms with van der Waals surface area (Å²) in [6.45, 7) is 4.36. The molecule has 30 heavy (non-hydrogen) atoms. The number of hydrogen-bond donors (Lipinski definition) is 3. The first-order valence-corrected chi connectivity index (χ1v) is 10.7. The van der Waals surface area contributed by atoms with Crippen LogP contribution in [0.5, 0.6) is 0 Å². The van der Waals surface area contributed by atoms with Gasteiger partial charge < -0.3 is 19.9 Å². The number of aromatic amines is 1. The Hall–Kier alpha value is -2.99. The van der Waals surface area contributed by atoms with E-state index < -0.39 is 0 Å². The minimum atomic E-state index is 0.143. The highest BCUT2D eigenvalue weighted by Gasteiger charge is 2.32. The van der Waals surface area contributed by atoms with Crippen LogP contribution < -0.4 is 9.80 Å². The first-order chi connectivity index (χ1) is 14.5. The molecule has 0 aliphatic carbocycles. The molecule has 3 N–H and O–H groups in total. The summed E-state index contributed by atoms with van der Waals surface area (Å²) in [5.41, 5.74) is 5.20. The van der Waals surface area contributed by atoms with Gasteiger partial charge in [0.2, 0.25) is 0 Å². The Labute approximate surface area is 180 Å². The number of nitrogens with one attached hydrogen (secondary N) is 2. The van der Waals surface area contributed by atoms with Crippen LogP contribution in [0.4, 0.5) is 11.4 Å². The lowest BCUT2D eigenvalue weighted by Crippen LogP contribution is -2.29. The standard InChI is InChI=1S/C23H24ClN5O/c1-14-11-15(24)5-8-19(14)29-13-20(30)21(22(29)25)23-26-17-7-6-16(12-18(17)27-23)28-9-3-2-4-10-28/h5-8,11-12,25,30H,2-4,9-10,13H2,1H3,(H,26,27). The predicted molar refractivity (Wildman–Crippen MR) is 123 cm³/mol. The van der Waals surface area contributed by atoms with Gasteiger partial charge in [0.1, 0.15) is 17.4 Å². The van der Waals surface area contributed by atoms with Crippen LogP contribution in [0.2, 0.25) is 5.02 Å². The second-order valence-electron chi connectivity index (χ2n) is 8.02. The molecule has 3 heterocycles. The largest absolute Gasteiger partial charge is 0.509 e. The Balaban J connectivity index is 1.47. The van der Waals surface area contributed by atoms with Crippen LogP contribution in [0.1, 0.15) is 30.7 Å².